The van der Waals surface area contributed by atoms with Crippen LogP contribution in [0.15, 0.2) is 23.3 Å². The van der Waals surface area contributed by atoms with Crippen LogP contribution in [-0.4, -0.2) is 23.6 Å². The maximum Gasteiger partial charge on any atom is 0.405 e. The lowest BCUT2D eigenvalue weighted by Gasteiger charge is -2.07. The quantitative estimate of drug-likeness (QED) is 0.769. The van der Waals surface area contributed by atoms with Gasteiger partial charge in [0.1, 0.15) is 12.1 Å². The van der Waals surface area contributed by atoms with E-state index in [1.165, 1.54) is 6.20 Å². The summed E-state index contributed by atoms with van der Waals surface area (Å²) in [5, 5.41) is 1.60. The van der Waals surface area contributed by atoms with Crippen LogP contribution in [0.1, 0.15) is 10.4 Å². The smallest absolute Gasteiger partial charge is 0.367 e. The average Bonchev–Trinajstić information content (AvgIpc) is 2.14. The summed E-state index contributed by atoms with van der Waals surface area (Å²) in [6.45, 7) is -1.46. The molecule has 15 heavy (non-hydrogen) atoms. The highest BCUT2D eigenvalue weighted by Crippen LogP contribution is 2.12. The highest BCUT2D eigenvalue weighted by molar-refractivity contribution is 5.93. The van der Waals surface area contributed by atoms with E-state index in [0.717, 1.165) is 12.3 Å². The average molecular weight is 220 g/mol. The highest BCUT2D eigenvalue weighted by Gasteiger charge is 2.28. The van der Waals surface area contributed by atoms with E-state index in [1.54, 1.807) is 5.32 Å². The van der Waals surface area contributed by atoms with Crippen molar-refractivity contribution in [3.05, 3.63) is 34.2 Å². The summed E-state index contributed by atoms with van der Waals surface area (Å²) in [5.41, 5.74) is -0.977. The van der Waals surface area contributed by atoms with Crippen molar-refractivity contribution in [2.75, 3.05) is 6.54 Å². The molecule has 0 atom stereocenters. The number of aromatic nitrogens is 1. The lowest BCUT2D eigenvalue weighted by molar-refractivity contribution is -0.123. The Labute approximate surface area is 82.1 Å². The molecule has 0 saturated carbocycles. The van der Waals surface area contributed by atoms with Crippen molar-refractivity contribution in [3.8, 4) is 0 Å². The van der Waals surface area contributed by atoms with Gasteiger partial charge in [0.15, 0.2) is 5.43 Å². The van der Waals surface area contributed by atoms with Crippen LogP contribution in [0.4, 0.5) is 13.2 Å². The van der Waals surface area contributed by atoms with Crippen LogP contribution in [0.2, 0.25) is 0 Å². The molecule has 0 radical (unpaired) electrons. The fourth-order valence-corrected chi connectivity index (χ4v) is 0.869. The molecular weight excluding hydrogens is 213 g/mol. The van der Waals surface area contributed by atoms with Crippen molar-refractivity contribution in [3.63, 3.8) is 0 Å². The van der Waals surface area contributed by atoms with Gasteiger partial charge in [-0.2, -0.15) is 13.2 Å². The van der Waals surface area contributed by atoms with Crippen LogP contribution in [0.3, 0.4) is 0 Å². The summed E-state index contributed by atoms with van der Waals surface area (Å²) in [6.07, 6.45) is -2.16. The predicted octanol–water partition coefficient (Wildman–Crippen LogP) is 0.667. The Hall–Kier alpha value is -1.79. The summed E-state index contributed by atoms with van der Waals surface area (Å²) in [5.74, 6) is -1.05. The van der Waals surface area contributed by atoms with Gasteiger partial charge < -0.3 is 10.3 Å². The summed E-state index contributed by atoms with van der Waals surface area (Å²) >= 11 is 0. The van der Waals surface area contributed by atoms with Gasteiger partial charge in [0.25, 0.3) is 5.91 Å². The van der Waals surface area contributed by atoms with Crippen molar-refractivity contribution >= 4 is 5.91 Å². The predicted molar refractivity (Wildman–Crippen MR) is 45.5 cm³/mol. The minimum absolute atomic E-state index is 0.346. The summed E-state index contributed by atoms with van der Waals surface area (Å²) in [6, 6.07) is 1.06. The Morgan fingerprint density at radius 2 is 2.13 bits per heavy atom. The third-order valence-corrected chi connectivity index (χ3v) is 1.52. The standard InChI is InChI=1S/C8H7F3N2O2/c9-8(10,11)4-13-7(15)5-3-12-2-1-6(5)14/h1-3H,4H2,(H,12,14)(H,13,15). The molecule has 0 bridgehead atoms. The van der Waals surface area contributed by atoms with E-state index in [4.69, 9.17) is 0 Å². The molecule has 1 rings (SSSR count). The first kappa shape index (κ1) is 11.3. The summed E-state index contributed by atoms with van der Waals surface area (Å²) in [4.78, 5) is 24.5. The second kappa shape index (κ2) is 4.16. The van der Waals surface area contributed by atoms with Crippen molar-refractivity contribution in [1.82, 2.24) is 10.3 Å². The second-order valence-corrected chi connectivity index (χ2v) is 2.72. The third kappa shape index (κ3) is 3.45. The number of nitrogens with one attached hydrogen (secondary N) is 2. The SMILES string of the molecule is O=C(NCC(F)(F)F)c1c[nH]ccc1=O. The number of rotatable bonds is 2. The van der Waals surface area contributed by atoms with E-state index in [0.29, 0.717) is 0 Å². The fourth-order valence-electron chi connectivity index (χ4n) is 0.869. The second-order valence-electron chi connectivity index (χ2n) is 2.72. The largest absolute Gasteiger partial charge is 0.405 e. The van der Waals surface area contributed by atoms with Gasteiger partial charge in [0, 0.05) is 18.5 Å². The van der Waals surface area contributed by atoms with Crippen LogP contribution < -0.4 is 10.7 Å². The molecule has 4 nitrogen and oxygen atoms in total. The molecule has 0 saturated heterocycles. The Morgan fingerprint density at radius 3 is 2.67 bits per heavy atom. The van der Waals surface area contributed by atoms with Gasteiger partial charge in [-0.3, -0.25) is 9.59 Å². The van der Waals surface area contributed by atoms with Gasteiger partial charge in [-0.15, -0.1) is 0 Å². The first-order chi connectivity index (χ1) is 6.90. The number of carbonyl (C=O) groups is 1. The van der Waals surface area contributed by atoms with E-state index in [-0.39, 0.29) is 5.56 Å². The lowest BCUT2D eigenvalue weighted by Crippen LogP contribution is -2.35. The van der Waals surface area contributed by atoms with Crippen LogP contribution >= 0.6 is 0 Å². The third-order valence-electron chi connectivity index (χ3n) is 1.52. The topological polar surface area (TPSA) is 62.0 Å². The molecule has 0 aliphatic rings. The minimum atomic E-state index is -4.49. The van der Waals surface area contributed by atoms with Crippen LogP contribution in [-0.2, 0) is 0 Å². The van der Waals surface area contributed by atoms with Crippen molar-refractivity contribution in [2.24, 2.45) is 0 Å². The number of halogens is 3. The normalized spacial score (nSPS) is 11.1. The van der Waals surface area contributed by atoms with Crippen LogP contribution in [0.5, 0.6) is 0 Å². The summed E-state index contributed by atoms with van der Waals surface area (Å²) < 4.78 is 35.2. The minimum Gasteiger partial charge on any atom is -0.367 e. The maximum atomic E-state index is 11.7. The van der Waals surface area contributed by atoms with Crippen molar-refractivity contribution in [2.45, 2.75) is 6.18 Å². The zero-order valence-electron chi connectivity index (χ0n) is 7.39. The van der Waals surface area contributed by atoms with Crippen molar-refractivity contribution in [1.29, 1.82) is 0 Å². The Balaban J connectivity index is 2.71. The molecular formula is C8H7F3N2O2. The molecule has 1 heterocycles. The van der Waals surface area contributed by atoms with E-state index < -0.39 is 24.1 Å². The zero-order chi connectivity index (χ0) is 11.5. The number of aromatic amines is 1. The molecule has 0 aliphatic heterocycles. The van der Waals surface area contributed by atoms with E-state index >= 15 is 0 Å². The number of alkyl halides is 3. The molecule has 82 valence electrons. The molecule has 0 fully saturated rings. The van der Waals surface area contributed by atoms with Gasteiger partial charge in [-0.1, -0.05) is 0 Å². The molecule has 0 unspecified atom stereocenters. The number of pyridine rings is 1. The Bertz CT molecular complexity index is 411. The maximum absolute atomic E-state index is 11.7. The zero-order valence-corrected chi connectivity index (χ0v) is 7.39. The van der Waals surface area contributed by atoms with Gasteiger partial charge in [-0.05, 0) is 0 Å². The molecule has 1 aromatic heterocycles. The number of hydrogen-bond acceptors (Lipinski definition) is 2. The monoisotopic (exact) mass is 220 g/mol. The Kier molecular flexibility index (Phi) is 3.13. The molecule has 2 N–H and O–H groups in total. The first-order valence-electron chi connectivity index (χ1n) is 3.92. The number of H-pyrrole nitrogens is 1. The fraction of sp³-hybridized carbons (Fsp3) is 0.250. The van der Waals surface area contributed by atoms with Gasteiger partial charge in [-0.25, -0.2) is 0 Å². The first-order valence-corrected chi connectivity index (χ1v) is 3.92. The van der Waals surface area contributed by atoms with Gasteiger partial charge in [0.2, 0.25) is 0 Å². The van der Waals surface area contributed by atoms with E-state index in [1.807, 2.05) is 0 Å². The lowest BCUT2D eigenvalue weighted by atomic mass is 10.2. The Morgan fingerprint density at radius 1 is 1.47 bits per heavy atom. The summed E-state index contributed by atoms with van der Waals surface area (Å²) in [7, 11) is 0. The molecule has 0 aromatic carbocycles. The van der Waals surface area contributed by atoms with E-state index in [2.05, 4.69) is 4.98 Å². The van der Waals surface area contributed by atoms with Gasteiger partial charge in [0.05, 0.1) is 0 Å². The van der Waals surface area contributed by atoms with Crippen LogP contribution in [0, 0.1) is 0 Å². The highest BCUT2D eigenvalue weighted by atomic mass is 19.4. The van der Waals surface area contributed by atoms with Crippen molar-refractivity contribution < 1.29 is 18.0 Å². The molecule has 1 aromatic rings. The number of amides is 1. The van der Waals surface area contributed by atoms with Crippen LogP contribution in [0.25, 0.3) is 0 Å². The number of carbonyl (C=O) groups excluding carboxylic acids is 1. The molecule has 0 aliphatic carbocycles. The van der Waals surface area contributed by atoms with E-state index in [9.17, 15) is 22.8 Å². The molecule has 7 heteroatoms. The molecule has 1 amide bonds. The van der Waals surface area contributed by atoms with Gasteiger partial charge >= 0.3 is 6.18 Å². The number of hydrogen-bond donors (Lipinski definition) is 2. The molecule has 0 spiro atoms.